The van der Waals surface area contributed by atoms with Crippen molar-refractivity contribution in [2.45, 2.75) is 63.5 Å². The van der Waals surface area contributed by atoms with E-state index >= 15 is 0 Å². The molecule has 28 heavy (non-hydrogen) atoms. The van der Waals surface area contributed by atoms with Gasteiger partial charge in [-0.3, -0.25) is 4.90 Å². The first-order valence-electron chi connectivity index (χ1n) is 11.5. The second-order valence-corrected chi connectivity index (χ2v) is 9.42. The zero-order chi connectivity index (χ0) is 19.1. The number of aromatic amines is 1. The number of hydrogen-bond donors (Lipinski definition) is 2. The standard InChI is InChI=1S/C25H35N3/c1-2-3-4-7-18(16-26)14-20-15-21-10-12-25(21)24(20)28(25)13-11-19-17-27-23-9-6-5-8-22(19)23/h4-9,17-18,20-21,24,27H,2-3,10-16,26H2,1H3. The van der Waals surface area contributed by atoms with Gasteiger partial charge in [0.1, 0.15) is 0 Å². The Hall–Kier alpha value is -1.58. The normalized spacial score (nSPS) is 34.4. The van der Waals surface area contributed by atoms with Crippen LogP contribution in [0.15, 0.2) is 42.6 Å². The number of likely N-dealkylation sites (tertiary alicyclic amines) is 1. The van der Waals surface area contributed by atoms with E-state index in [1.807, 2.05) is 0 Å². The molecule has 150 valence electrons. The molecule has 1 spiro atoms. The van der Waals surface area contributed by atoms with E-state index in [1.165, 1.54) is 68.0 Å². The summed E-state index contributed by atoms with van der Waals surface area (Å²) in [7, 11) is 0. The van der Waals surface area contributed by atoms with Gasteiger partial charge in [-0.25, -0.2) is 0 Å². The van der Waals surface area contributed by atoms with Gasteiger partial charge in [0.05, 0.1) is 0 Å². The molecule has 3 fully saturated rings. The Bertz CT molecular complexity index is 852. The van der Waals surface area contributed by atoms with Crippen molar-refractivity contribution >= 4 is 10.9 Å². The van der Waals surface area contributed by atoms with Crippen molar-refractivity contribution in [2.24, 2.45) is 23.5 Å². The molecule has 1 aromatic carbocycles. The van der Waals surface area contributed by atoms with E-state index in [-0.39, 0.29) is 0 Å². The summed E-state index contributed by atoms with van der Waals surface area (Å²) >= 11 is 0. The maximum Gasteiger partial charge on any atom is 0.0456 e. The number of H-pyrrole nitrogens is 1. The molecule has 1 aliphatic heterocycles. The van der Waals surface area contributed by atoms with Gasteiger partial charge in [-0.1, -0.05) is 43.7 Å². The summed E-state index contributed by atoms with van der Waals surface area (Å²) in [6, 6.07) is 9.54. The largest absolute Gasteiger partial charge is 0.361 e. The Morgan fingerprint density at radius 1 is 1.36 bits per heavy atom. The molecule has 3 nitrogen and oxygen atoms in total. The highest BCUT2D eigenvalue weighted by molar-refractivity contribution is 5.83. The van der Waals surface area contributed by atoms with E-state index in [9.17, 15) is 0 Å². The number of aromatic nitrogens is 1. The Morgan fingerprint density at radius 3 is 3.04 bits per heavy atom. The summed E-state index contributed by atoms with van der Waals surface area (Å²) in [6.45, 7) is 4.27. The topological polar surface area (TPSA) is 44.8 Å². The van der Waals surface area contributed by atoms with Crippen molar-refractivity contribution in [1.29, 1.82) is 0 Å². The van der Waals surface area contributed by atoms with Crippen LogP contribution < -0.4 is 5.73 Å². The van der Waals surface area contributed by atoms with Crippen molar-refractivity contribution in [1.82, 2.24) is 9.88 Å². The van der Waals surface area contributed by atoms with Crippen molar-refractivity contribution in [3.63, 3.8) is 0 Å². The number of fused-ring (bicyclic) bond motifs is 1. The fourth-order valence-electron chi connectivity index (χ4n) is 6.57. The van der Waals surface area contributed by atoms with Crippen LogP contribution in [0.4, 0.5) is 0 Å². The van der Waals surface area contributed by atoms with Crippen LogP contribution >= 0.6 is 0 Å². The highest BCUT2D eigenvalue weighted by Gasteiger charge is 2.75. The third kappa shape index (κ3) is 2.86. The van der Waals surface area contributed by atoms with E-state index in [0.717, 1.165) is 24.4 Å². The van der Waals surface area contributed by atoms with E-state index in [1.54, 1.807) is 0 Å². The van der Waals surface area contributed by atoms with E-state index in [2.05, 4.69) is 59.4 Å². The molecule has 1 aromatic heterocycles. The Kier molecular flexibility index (Phi) is 4.84. The molecule has 6 unspecified atom stereocenters. The molecule has 3 aliphatic rings. The number of unbranched alkanes of at least 4 members (excludes halogenated alkanes) is 1. The predicted octanol–water partition coefficient (Wildman–Crippen LogP) is 4.88. The summed E-state index contributed by atoms with van der Waals surface area (Å²) in [5.74, 6) is 2.39. The van der Waals surface area contributed by atoms with Gasteiger partial charge in [0.25, 0.3) is 0 Å². The molecule has 2 aromatic rings. The van der Waals surface area contributed by atoms with Crippen molar-refractivity contribution in [2.75, 3.05) is 13.1 Å². The summed E-state index contributed by atoms with van der Waals surface area (Å²) in [6.07, 6.45) is 16.2. The lowest BCUT2D eigenvalue weighted by Gasteiger charge is -2.36. The van der Waals surface area contributed by atoms with Crippen LogP contribution in [0.3, 0.4) is 0 Å². The summed E-state index contributed by atoms with van der Waals surface area (Å²) < 4.78 is 0. The lowest BCUT2D eigenvalue weighted by molar-refractivity contribution is 0.144. The third-order valence-electron chi connectivity index (χ3n) is 8.02. The van der Waals surface area contributed by atoms with Crippen LogP contribution in [0.25, 0.3) is 10.9 Å². The van der Waals surface area contributed by atoms with Gasteiger partial charge in [0.15, 0.2) is 0 Å². The van der Waals surface area contributed by atoms with Crippen LogP contribution in [0.1, 0.15) is 51.0 Å². The molecule has 0 amide bonds. The average molecular weight is 378 g/mol. The van der Waals surface area contributed by atoms with Gasteiger partial charge < -0.3 is 10.7 Å². The summed E-state index contributed by atoms with van der Waals surface area (Å²) in [5.41, 5.74) is 9.45. The number of nitrogens with two attached hydrogens (primary N) is 1. The zero-order valence-corrected chi connectivity index (χ0v) is 17.2. The fourth-order valence-corrected chi connectivity index (χ4v) is 6.57. The van der Waals surface area contributed by atoms with Gasteiger partial charge >= 0.3 is 0 Å². The molecular weight excluding hydrogens is 342 g/mol. The number of para-hydroxylation sites is 1. The van der Waals surface area contributed by atoms with Gasteiger partial charge in [-0.15, -0.1) is 0 Å². The number of allylic oxidation sites excluding steroid dienone is 1. The minimum atomic E-state index is 0.571. The number of rotatable bonds is 9. The van der Waals surface area contributed by atoms with Gasteiger partial charge in [0, 0.05) is 35.2 Å². The molecule has 2 heterocycles. The smallest absolute Gasteiger partial charge is 0.0456 e. The highest BCUT2D eigenvalue weighted by atomic mass is 15.4. The molecule has 2 saturated carbocycles. The average Bonchev–Trinajstić information content (AvgIpc) is 3.15. The zero-order valence-electron chi connectivity index (χ0n) is 17.2. The molecule has 0 bridgehead atoms. The van der Waals surface area contributed by atoms with Crippen molar-refractivity contribution < 1.29 is 0 Å². The van der Waals surface area contributed by atoms with Crippen LogP contribution in [-0.2, 0) is 6.42 Å². The second kappa shape index (κ2) is 7.35. The van der Waals surface area contributed by atoms with Crippen LogP contribution in [-0.4, -0.2) is 34.6 Å². The quantitative estimate of drug-likeness (QED) is 0.483. The van der Waals surface area contributed by atoms with Gasteiger partial charge in [-0.2, -0.15) is 0 Å². The molecule has 0 radical (unpaired) electrons. The van der Waals surface area contributed by atoms with Crippen molar-refractivity contribution in [3.05, 3.63) is 48.2 Å². The Balaban J connectivity index is 1.24. The lowest BCUT2D eigenvalue weighted by Crippen LogP contribution is -2.38. The molecular formula is C25H35N3. The number of nitrogens with zero attached hydrogens (tertiary/aromatic N) is 1. The Labute approximate surface area is 169 Å². The molecule has 1 saturated heterocycles. The highest BCUT2D eigenvalue weighted by Crippen LogP contribution is 2.69. The Morgan fingerprint density at radius 2 is 2.25 bits per heavy atom. The number of benzene rings is 1. The first kappa shape index (κ1) is 18.4. The molecule has 5 rings (SSSR count). The maximum atomic E-state index is 6.12. The predicted molar refractivity (Wildman–Crippen MR) is 117 cm³/mol. The van der Waals surface area contributed by atoms with E-state index < -0.39 is 0 Å². The third-order valence-corrected chi connectivity index (χ3v) is 8.02. The van der Waals surface area contributed by atoms with E-state index in [0.29, 0.717) is 11.5 Å². The SMILES string of the molecule is CCCC=CC(CN)CC1CC2CCC23C1N3CCc1c[nH]c2ccccc12. The van der Waals surface area contributed by atoms with Gasteiger partial charge in [0.2, 0.25) is 0 Å². The van der Waals surface area contributed by atoms with Crippen LogP contribution in [0, 0.1) is 17.8 Å². The number of nitrogens with one attached hydrogen (secondary N) is 1. The molecule has 3 N–H and O–H groups in total. The fraction of sp³-hybridized carbons (Fsp3) is 0.600. The first-order chi connectivity index (χ1) is 13.8. The molecule has 3 heteroatoms. The number of hydrogen-bond acceptors (Lipinski definition) is 2. The second-order valence-electron chi connectivity index (χ2n) is 9.42. The first-order valence-corrected chi connectivity index (χ1v) is 11.5. The maximum absolute atomic E-state index is 6.12. The van der Waals surface area contributed by atoms with E-state index in [4.69, 9.17) is 5.73 Å². The van der Waals surface area contributed by atoms with Crippen LogP contribution in [0.2, 0.25) is 0 Å². The van der Waals surface area contributed by atoms with Crippen molar-refractivity contribution in [3.8, 4) is 0 Å². The lowest BCUT2D eigenvalue weighted by atomic mass is 9.74. The molecule has 6 atom stereocenters. The van der Waals surface area contributed by atoms with Crippen LogP contribution in [0.5, 0.6) is 0 Å². The van der Waals surface area contributed by atoms with Gasteiger partial charge in [-0.05, 0) is 74.5 Å². The molecule has 2 aliphatic carbocycles. The minimum absolute atomic E-state index is 0.571. The minimum Gasteiger partial charge on any atom is -0.361 e. The number of piperidine rings is 1. The summed E-state index contributed by atoms with van der Waals surface area (Å²) in [5, 5.41) is 1.40. The monoisotopic (exact) mass is 377 g/mol. The summed E-state index contributed by atoms with van der Waals surface area (Å²) in [4.78, 5) is 6.32.